The molecule has 0 aromatic carbocycles. The third kappa shape index (κ3) is 2.93. The topological polar surface area (TPSA) is 90.6 Å². The first-order chi connectivity index (χ1) is 12.2. The Morgan fingerprint density at radius 3 is 2.96 bits per heavy atom. The first-order valence-corrected chi connectivity index (χ1v) is 8.50. The van der Waals surface area contributed by atoms with Crippen LogP contribution in [-0.4, -0.2) is 42.7 Å². The van der Waals surface area contributed by atoms with Crippen LogP contribution in [0, 0.1) is 6.92 Å². The molecular formula is C18H20N6O. The van der Waals surface area contributed by atoms with Gasteiger partial charge in [-0.1, -0.05) is 0 Å². The summed E-state index contributed by atoms with van der Waals surface area (Å²) >= 11 is 0. The fraction of sp³-hybridized carbons (Fsp3) is 0.333. The average molecular weight is 336 g/mol. The van der Waals surface area contributed by atoms with Crippen molar-refractivity contribution in [3.8, 4) is 11.3 Å². The van der Waals surface area contributed by atoms with Gasteiger partial charge in [0, 0.05) is 24.5 Å². The predicted octanol–water partition coefficient (Wildman–Crippen LogP) is 2.87. The second-order valence-electron chi connectivity index (χ2n) is 6.39. The van der Waals surface area contributed by atoms with Crippen molar-refractivity contribution in [2.24, 2.45) is 0 Å². The number of likely N-dealkylation sites (tertiary alicyclic amines) is 1. The molecule has 4 heterocycles. The third-order valence-electron chi connectivity index (χ3n) is 4.73. The lowest BCUT2D eigenvalue weighted by atomic mass is 9.97. The van der Waals surface area contributed by atoms with E-state index in [9.17, 15) is 4.79 Å². The summed E-state index contributed by atoms with van der Waals surface area (Å²) in [6.45, 7) is 2.76. The van der Waals surface area contributed by atoms with Crippen LogP contribution in [0.25, 0.3) is 11.3 Å². The van der Waals surface area contributed by atoms with Crippen molar-refractivity contribution in [2.75, 3.05) is 6.54 Å². The molecule has 25 heavy (non-hydrogen) atoms. The minimum absolute atomic E-state index is 0.0265. The molecular weight excluding hydrogens is 316 g/mol. The molecule has 0 spiro atoms. The predicted molar refractivity (Wildman–Crippen MR) is 92.8 cm³/mol. The summed E-state index contributed by atoms with van der Waals surface area (Å²) < 4.78 is 0. The highest BCUT2D eigenvalue weighted by molar-refractivity contribution is 5.93. The molecule has 1 unspecified atom stereocenters. The fourth-order valence-electron chi connectivity index (χ4n) is 3.42. The van der Waals surface area contributed by atoms with Crippen molar-refractivity contribution in [1.82, 2.24) is 30.3 Å². The van der Waals surface area contributed by atoms with Gasteiger partial charge in [0.1, 0.15) is 5.69 Å². The molecule has 0 radical (unpaired) electrons. The molecule has 0 aliphatic carbocycles. The van der Waals surface area contributed by atoms with E-state index in [-0.39, 0.29) is 11.9 Å². The SMILES string of the molecule is Cc1cn[nH]c1C1CCCCN1C(=O)c1cc(-c2cccnc2)n[nH]1. The van der Waals surface area contributed by atoms with Crippen LogP contribution in [-0.2, 0) is 0 Å². The van der Waals surface area contributed by atoms with E-state index in [0.29, 0.717) is 5.69 Å². The van der Waals surface area contributed by atoms with Crippen LogP contribution in [0.5, 0.6) is 0 Å². The van der Waals surface area contributed by atoms with Crippen molar-refractivity contribution in [1.29, 1.82) is 0 Å². The normalized spacial score (nSPS) is 17.6. The molecule has 1 fully saturated rings. The Bertz CT molecular complexity index is 869. The highest BCUT2D eigenvalue weighted by Crippen LogP contribution is 2.32. The molecule has 7 nitrogen and oxygen atoms in total. The number of piperidine rings is 1. The molecule has 0 saturated carbocycles. The first kappa shape index (κ1) is 15.6. The van der Waals surface area contributed by atoms with Crippen LogP contribution in [0.2, 0.25) is 0 Å². The molecule has 4 rings (SSSR count). The van der Waals surface area contributed by atoms with E-state index in [0.717, 1.165) is 48.3 Å². The minimum atomic E-state index is -0.0265. The van der Waals surface area contributed by atoms with Gasteiger partial charge in [-0.25, -0.2) is 0 Å². The smallest absolute Gasteiger partial charge is 0.272 e. The van der Waals surface area contributed by atoms with Crippen LogP contribution >= 0.6 is 0 Å². The molecule has 1 aliphatic rings. The van der Waals surface area contributed by atoms with Crippen molar-refractivity contribution < 1.29 is 4.79 Å². The number of nitrogens with zero attached hydrogens (tertiary/aromatic N) is 4. The van der Waals surface area contributed by atoms with E-state index < -0.39 is 0 Å². The average Bonchev–Trinajstić information content (AvgIpc) is 3.31. The lowest BCUT2D eigenvalue weighted by Gasteiger charge is -2.35. The number of carbonyl (C=O) groups is 1. The maximum absolute atomic E-state index is 13.1. The largest absolute Gasteiger partial charge is 0.329 e. The van der Waals surface area contributed by atoms with Gasteiger partial charge in [-0.2, -0.15) is 10.2 Å². The fourth-order valence-corrected chi connectivity index (χ4v) is 3.42. The maximum Gasteiger partial charge on any atom is 0.272 e. The number of aryl methyl sites for hydroxylation is 1. The van der Waals surface area contributed by atoms with Crippen LogP contribution in [0.3, 0.4) is 0 Å². The Kier molecular flexibility index (Phi) is 4.05. The Morgan fingerprint density at radius 2 is 2.20 bits per heavy atom. The highest BCUT2D eigenvalue weighted by Gasteiger charge is 2.31. The summed E-state index contributed by atoms with van der Waals surface area (Å²) in [4.78, 5) is 19.1. The highest BCUT2D eigenvalue weighted by atomic mass is 16.2. The summed E-state index contributed by atoms with van der Waals surface area (Å²) in [5.41, 5.74) is 4.23. The number of carbonyl (C=O) groups excluding carboxylic acids is 1. The molecule has 2 N–H and O–H groups in total. The molecule has 128 valence electrons. The number of aromatic nitrogens is 5. The van der Waals surface area contributed by atoms with E-state index in [1.54, 1.807) is 18.5 Å². The van der Waals surface area contributed by atoms with Crippen LogP contribution in [0.1, 0.15) is 47.1 Å². The number of hydrogen-bond acceptors (Lipinski definition) is 4. The van der Waals surface area contributed by atoms with Crippen molar-refractivity contribution in [3.63, 3.8) is 0 Å². The Morgan fingerprint density at radius 1 is 1.28 bits per heavy atom. The van der Waals surface area contributed by atoms with E-state index >= 15 is 0 Å². The zero-order valence-corrected chi connectivity index (χ0v) is 14.1. The number of rotatable bonds is 3. The number of H-pyrrole nitrogens is 2. The standard InChI is InChI=1S/C18H20N6O/c1-12-10-20-23-17(12)16-6-2-3-8-24(16)18(25)15-9-14(21-22-15)13-5-4-7-19-11-13/h4-5,7,9-11,16H,2-3,6,8H2,1H3,(H,20,23)(H,21,22). The quantitative estimate of drug-likeness (QED) is 0.769. The number of hydrogen-bond donors (Lipinski definition) is 2. The summed E-state index contributed by atoms with van der Waals surface area (Å²) in [6.07, 6.45) is 8.33. The summed E-state index contributed by atoms with van der Waals surface area (Å²) in [6, 6.07) is 5.61. The second kappa shape index (κ2) is 6.51. The number of nitrogens with one attached hydrogen (secondary N) is 2. The monoisotopic (exact) mass is 336 g/mol. The molecule has 1 aliphatic heterocycles. The third-order valence-corrected chi connectivity index (χ3v) is 4.73. The number of aromatic amines is 2. The van der Waals surface area contributed by atoms with E-state index in [1.165, 1.54) is 0 Å². The zero-order chi connectivity index (χ0) is 17.2. The van der Waals surface area contributed by atoms with Crippen LogP contribution < -0.4 is 0 Å². The molecule has 3 aromatic heterocycles. The van der Waals surface area contributed by atoms with Crippen molar-refractivity contribution in [3.05, 3.63) is 53.7 Å². The van der Waals surface area contributed by atoms with Gasteiger partial charge in [-0.05, 0) is 49.9 Å². The molecule has 1 saturated heterocycles. The lowest BCUT2D eigenvalue weighted by molar-refractivity contribution is 0.0599. The molecule has 1 atom stereocenters. The maximum atomic E-state index is 13.1. The molecule has 7 heteroatoms. The van der Waals surface area contributed by atoms with E-state index in [4.69, 9.17) is 0 Å². The van der Waals surface area contributed by atoms with Crippen molar-refractivity contribution >= 4 is 5.91 Å². The van der Waals surface area contributed by atoms with Crippen LogP contribution in [0.4, 0.5) is 0 Å². The van der Waals surface area contributed by atoms with Gasteiger partial charge in [0.25, 0.3) is 5.91 Å². The first-order valence-electron chi connectivity index (χ1n) is 8.50. The summed E-state index contributed by atoms with van der Waals surface area (Å²) in [7, 11) is 0. The van der Waals surface area contributed by atoms with Gasteiger partial charge < -0.3 is 4.90 Å². The van der Waals surface area contributed by atoms with E-state index in [2.05, 4.69) is 25.4 Å². The minimum Gasteiger partial charge on any atom is -0.329 e. The van der Waals surface area contributed by atoms with Gasteiger partial charge in [0.15, 0.2) is 0 Å². The summed E-state index contributed by atoms with van der Waals surface area (Å²) in [5.74, 6) is -0.0265. The van der Waals surface area contributed by atoms with Gasteiger partial charge in [-0.3, -0.25) is 20.0 Å². The summed E-state index contributed by atoms with van der Waals surface area (Å²) in [5, 5.41) is 14.3. The zero-order valence-electron chi connectivity index (χ0n) is 14.1. The molecule has 3 aromatic rings. The van der Waals surface area contributed by atoms with Gasteiger partial charge in [0.2, 0.25) is 0 Å². The Hall–Kier alpha value is -2.96. The molecule has 0 bridgehead atoms. The number of amides is 1. The van der Waals surface area contributed by atoms with Crippen molar-refractivity contribution in [2.45, 2.75) is 32.2 Å². The van der Waals surface area contributed by atoms with Gasteiger partial charge >= 0.3 is 0 Å². The van der Waals surface area contributed by atoms with Gasteiger partial charge in [0.05, 0.1) is 23.6 Å². The number of pyridine rings is 1. The molecule has 1 amide bonds. The van der Waals surface area contributed by atoms with Gasteiger partial charge in [-0.15, -0.1) is 0 Å². The second-order valence-corrected chi connectivity index (χ2v) is 6.39. The lowest BCUT2D eigenvalue weighted by Crippen LogP contribution is -2.39. The Balaban J connectivity index is 1.61. The Labute approximate surface area is 145 Å². The van der Waals surface area contributed by atoms with E-state index in [1.807, 2.05) is 30.2 Å². The van der Waals surface area contributed by atoms with Crippen LogP contribution in [0.15, 0.2) is 36.8 Å².